The van der Waals surface area contributed by atoms with Crippen LogP contribution in [0.4, 0.5) is 5.82 Å². The summed E-state index contributed by atoms with van der Waals surface area (Å²) in [4.78, 5) is 15.3. The van der Waals surface area contributed by atoms with Gasteiger partial charge in [0.05, 0.1) is 0 Å². The number of aromatic nitrogens is 1. The number of amides is 1. The zero-order valence-electron chi connectivity index (χ0n) is 11.0. The van der Waals surface area contributed by atoms with Crippen LogP contribution in [-0.4, -0.2) is 21.5 Å². The summed E-state index contributed by atoms with van der Waals surface area (Å²) in [7, 11) is 0. The zero-order valence-corrected chi connectivity index (χ0v) is 11.0. The van der Waals surface area contributed by atoms with E-state index in [1.54, 1.807) is 18.3 Å². The monoisotopic (exact) mass is 259 g/mol. The molecule has 0 atom stereocenters. The van der Waals surface area contributed by atoms with Crippen molar-refractivity contribution < 1.29 is 9.90 Å². The van der Waals surface area contributed by atoms with Gasteiger partial charge in [0.25, 0.3) is 0 Å². The molecule has 0 saturated heterocycles. The molecule has 1 aromatic carbocycles. The molecule has 1 heterocycles. The Bertz CT molecular complexity index is 623. The molecule has 0 saturated carbocycles. The van der Waals surface area contributed by atoms with Crippen LogP contribution in [0, 0.1) is 0 Å². The average molecular weight is 259 g/mol. The smallest absolute Gasteiger partial charge is 0.219 e. The number of primary amides is 1. The molecule has 0 aliphatic rings. The Morgan fingerprint density at radius 3 is 2.84 bits per heavy atom. The summed E-state index contributed by atoms with van der Waals surface area (Å²) in [5.74, 6) is 0.427. The zero-order chi connectivity index (χ0) is 14.0. The molecule has 0 bridgehead atoms. The van der Waals surface area contributed by atoms with Crippen LogP contribution < -0.4 is 11.1 Å². The van der Waals surface area contributed by atoms with E-state index in [0.717, 1.165) is 10.8 Å². The molecule has 5 heteroatoms. The lowest BCUT2D eigenvalue weighted by atomic mass is 10.00. The molecule has 5 nitrogen and oxygen atoms in total. The SMILES string of the molecule is CC(C)(CC(N)=O)Nc1nccc2ccc(O)cc12. The first-order chi connectivity index (χ1) is 8.87. The fourth-order valence-corrected chi connectivity index (χ4v) is 2.06. The number of hydrogen-bond acceptors (Lipinski definition) is 4. The quantitative estimate of drug-likeness (QED) is 0.783. The van der Waals surface area contributed by atoms with Crippen molar-refractivity contribution in [2.24, 2.45) is 5.73 Å². The minimum Gasteiger partial charge on any atom is -0.508 e. The third-order valence-electron chi connectivity index (χ3n) is 2.82. The molecule has 0 spiro atoms. The number of carbonyl (C=O) groups excluding carboxylic acids is 1. The third kappa shape index (κ3) is 3.13. The van der Waals surface area contributed by atoms with E-state index in [2.05, 4.69) is 10.3 Å². The van der Waals surface area contributed by atoms with Crippen molar-refractivity contribution in [3.05, 3.63) is 30.5 Å². The number of rotatable bonds is 4. The van der Waals surface area contributed by atoms with Gasteiger partial charge in [0.15, 0.2) is 0 Å². The summed E-state index contributed by atoms with van der Waals surface area (Å²) >= 11 is 0. The van der Waals surface area contributed by atoms with E-state index in [9.17, 15) is 9.90 Å². The Labute approximate surface area is 111 Å². The van der Waals surface area contributed by atoms with Crippen molar-refractivity contribution in [2.45, 2.75) is 25.8 Å². The lowest BCUT2D eigenvalue weighted by Crippen LogP contribution is -2.36. The number of phenols is 1. The minimum atomic E-state index is -0.501. The van der Waals surface area contributed by atoms with Crippen LogP contribution in [-0.2, 0) is 4.79 Å². The molecule has 0 radical (unpaired) electrons. The first-order valence-corrected chi connectivity index (χ1v) is 6.02. The van der Waals surface area contributed by atoms with Crippen LogP contribution in [0.1, 0.15) is 20.3 Å². The Morgan fingerprint density at radius 2 is 2.16 bits per heavy atom. The lowest BCUT2D eigenvalue weighted by molar-refractivity contribution is -0.118. The summed E-state index contributed by atoms with van der Waals surface area (Å²) in [6.07, 6.45) is 1.88. The molecule has 0 aliphatic carbocycles. The Morgan fingerprint density at radius 1 is 1.42 bits per heavy atom. The van der Waals surface area contributed by atoms with Gasteiger partial charge < -0.3 is 16.2 Å². The second kappa shape index (κ2) is 4.76. The van der Waals surface area contributed by atoms with Crippen LogP contribution >= 0.6 is 0 Å². The van der Waals surface area contributed by atoms with E-state index in [-0.39, 0.29) is 18.1 Å². The van der Waals surface area contributed by atoms with Gasteiger partial charge in [-0.2, -0.15) is 0 Å². The van der Waals surface area contributed by atoms with E-state index in [0.29, 0.717) is 5.82 Å². The summed E-state index contributed by atoms with van der Waals surface area (Å²) in [5, 5.41) is 14.5. The molecule has 0 unspecified atom stereocenters. The second-order valence-corrected chi connectivity index (χ2v) is 5.22. The standard InChI is InChI=1S/C14H17N3O2/c1-14(2,8-12(15)19)17-13-11-7-10(18)4-3-9(11)5-6-16-13/h3-7,18H,8H2,1-2H3,(H2,15,19)(H,16,17). The number of nitrogens with one attached hydrogen (secondary N) is 1. The van der Waals surface area contributed by atoms with Gasteiger partial charge in [0, 0.05) is 23.5 Å². The van der Waals surface area contributed by atoms with Crippen molar-refractivity contribution in [3.63, 3.8) is 0 Å². The van der Waals surface area contributed by atoms with Gasteiger partial charge in [-0.1, -0.05) is 6.07 Å². The molecule has 4 N–H and O–H groups in total. The molecule has 2 aromatic rings. The highest BCUT2D eigenvalue weighted by Crippen LogP contribution is 2.27. The van der Waals surface area contributed by atoms with Gasteiger partial charge >= 0.3 is 0 Å². The number of anilines is 1. The molecular formula is C14H17N3O2. The van der Waals surface area contributed by atoms with E-state index in [4.69, 9.17) is 5.73 Å². The molecule has 1 aromatic heterocycles. The van der Waals surface area contributed by atoms with Gasteiger partial charge in [0.1, 0.15) is 11.6 Å². The Kier molecular flexibility index (Phi) is 3.29. The summed E-state index contributed by atoms with van der Waals surface area (Å²) in [5.41, 5.74) is 4.73. The topological polar surface area (TPSA) is 88.2 Å². The number of benzene rings is 1. The Balaban J connectivity index is 2.40. The number of nitrogens with zero attached hydrogens (tertiary/aromatic N) is 1. The van der Waals surface area contributed by atoms with Crippen molar-refractivity contribution >= 4 is 22.5 Å². The van der Waals surface area contributed by atoms with Gasteiger partial charge in [-0.25, -0.2) is 4.98 Å². The predicted octanol–water partition coefficient (Wildman–Crippen LogP) is 2.01. The molecular weight excluding hydrogens is 242 g/mol. The number of phenolic OH excluding ortho intramolecular Hbond substituents is 1. The van der Waals surface area contributed by atoms with E-state index < -0.39 is 5.54 Å². The number of carbonyl (C=O) groups is 1. The van der Waals surface area contributed by atoms with Crippen LogP contribution in [0.3, 0.4) is 0 Å². The largest absolute Gasteiger partial charge is 0.508 e. The highest BCUT2D eigenvalue weighted by Gasteiger charge is 2.21. The first-order valence-electron chi connectivity index (χ1n) is 6.02. The Hall–Kier alpha value is -2.30. The van der Waals surface area contributed by atoms with Crippen LogP contribution in [0.25, 0.3) is 10.8 Å². The molecule has 0 fully saturated rings. The van der Waals surface area contributed by atoms with E-state index in [1.165, 1.54) is 0 Å². The van der Waals surface area contributed by atoms with Gasteiger partial charge in [-0.15, -0.1) is 0 Å². The number of hydrogen-bond donors (Lipinski definition) is 3. The van der Waals surface area contributed by atoms with E-state index >= 15 is 0 Å². The van der Waals surface area contributed by atoms with Crippen molar-refractivity contribution in [3.8, 4) is 5.75 Å². The molecule has 1 amide bonds. The fraction of sp³-hybridized carbons (Fsp3) is 0.286. The summed E-state index contributed by atoms with van der Waals surface area (Å²) < 4.78 is 0. The highest BCUT2D eigenvalue weighted by atomic mass is 16.3. The molecule has 2 rings (SSSR count). The van der Waals surface area contributed by atoms with Crippen molar-refractivity contribution in [2.75, 3.05) is 5.32 Å². The van der Waals surface area contributed by atoms with Crippen molar-refractivity contribution in [1.82, 2.24) is 4.98 Å². The molecule has 100 valence electrons. The van der Waals surface area contributed by atoms with Gasteiger partial charge in [-0.3, -0.25) is 4.79 Å². The maximum atomic E-state index is 11.0. The predicted molar refractivity (Wildman–Crippen MR) is 74.9 cm³/mol. The van der Waals surface area contributed by atoms with Crippen LogP contribution in [0.15, 0.2) is 30.5 Å². The number of pyridine rings is 1. The second-order valence-electron chi connectivity index (χ2n) is 5.22. The number of aromatic hydroxyl groups is 1. The van der Waals surface area contributed by atoms with Crippen LogP contribution in [0.2, 0.25) is 0 Å². The lowest BCUT2D eigenvalue weighted by Gasteiger charge is -2.26. The molecule has 0 aliphatic heterocycles. The van der Waals surface area contributed by atoms with Crippen LogP contribution in [0.5, 0.6) is 5.75 Å². The summed E-state index contributed by atoms with van der Waals surface area (Å²) in [6.45, 7) is 3.75. The van der Waals surface area contributed by atoms with Gasteiger partial charge in [0.2, 0.25) is 5.91 Å². The maximum Gasteiger partial charge on any atom is 0.219 e. The maximum absolute atomic E-state index is 11.0. The normalized spacial score (nSPS) is 11.5. The van der Waals surface area contributed by atoms with Gasteiger partial charge in [-0.05, 0) is 37.4 Å². The fourth-order valence-electron chi connectivity index (χ4n) is 2.06. The minimum absolute atomic E-state index is 0.177. The third-order valence-corrected chi connectivity index (χ3v) is 2.82. The average Bonchev–Trinajstić information content (AvgIpc) is 2.27. The first kappa shape index (κ1) is 13.1. The van der Waals surface area contributed by atoms with E-state index in [1.807, 2.05) is 26.0 Å². The summed E-state index contributed by atoms with van der Waals surface area (Å²) in [6, 6.07) is 6.95. The number of nitrogens with two attached hydrogens (primary N) is 1. The highest BCUT2D eigenvalue weighted by molar-refractivity contribution is 5.93. The number of fused-ring (bicyclic) bond motifs is 1. The van der Waals surface area contributed by atoms with Crippen molar-refractivity contribution in [1.29, 1.82) is 0 Å². The molecule has 19 heavy (non-hydrogen) atoms.